The van der Waals surface area contributed by atoms with Crippen LogP contribution in [0, 0.1) is 9.39 Å². The largest absolute Gasteiger partial charge is 0.396 e. The molecule has 146 valence electrons. The Morgan fingerprint density at radius 2 is 1.96 bits per heavy atom. The van der Waals surface area contributed by atoms with Crippen LogP contribution < -0.4 is 15.6 Å². The molecule has 2 aromatic rings. The summed E-state index contributed by atoms with van der Waals surface area (Å²) in [5.41, 5.74) is 0.0457. The number of hydrogen-bond acceptors (Lipinski definition) is 5. The Kier molecular flexibility index (Phi) is 5.50. The molecule has 1 fully saturated rings. The Morgan fingerprint density at radius 3 is 2.56 bits per heavy atom. The summed E-state index contributed by atoms with van der Waals surface area (Å²) in [6.07, 6.45) is 2.41. The molecule has 0 radical (unpaired) electrons. The molecule has 27 heavy (non-hydrogen) atoms. The second-order valence-corrected chi connectivity index (χ2v) is 9.88. The summed E-state index contributed by atoms with van der Waals surface area (Å²) >= 11 is 1.98. The molecule has 3 N–H and O–H groups in total. The Labute approximate surface area is 169 Å². The number of aryl methyl sites for hydroxylation is 1. The van der Waals surface area contributed by atoms with Crippen molar-refractivity contribution >= 4 is 49.7 Å². The second kappa shape index (κ2) is 7.40. The van der Waals surface area contributed by atoms with Crippen LogP contribution in [-0.4, -0.2) is 29.4 Å². The molecule has 1 aromatic heterocycles. The van der Waals surface area contributed by atoms with Crippen molar-refractivity contribution in [2.75, 3.05) is 16.6 Å². The van der Waals surface area contributed by atoms with E-state index in [-0.39, 0.29) is 35.6 Å². The molecule has 1 heterocycles. The molecule has 0 atom stereocenters. The summed E-state index contributed by atoms with van der Waals surface area (Å²) in [7, 11) is -2.29. The van der Waals surface area contributed by atoms with Crippen molar-refractivity contribution in [2.45, 2.75) is 24.0 Å². The monoisotopic (exact) mass is 507 g/mol. The van der Waals surface area contributed by atoms with Gasteiger partial charge in [0.1, 0.15) is 5.82 Å². The topological polar surface area (TPSA) is 100 Å². The number of pyridine rings is 1. The number of anilines is 3. The average Bonchev–Trinajstić information content (AvgIpc) is 3.36. The minimum atomic E-state index is -3.79. The lowest BCUT2D eigenvalue weighted by Gasteiger charge is -2.20. The number of sulfonamides is 1. The van der Waals surface area contributed by atoms with Crippen LogP contribution in [0.2, 0.25) is 0 Å². The zero-order chi connectivity index (χ0) is 19.8. The first-order chi connectivity index (χ1) is 12.7. The summed E-state index contributed by atoms with van der Waals surface area (Å²) in [6.45, 7) is -0.229. The van der Waals surface area contributed by atoms with E-state index in [2.05, 4.69) is 10.0 Å². The fourth-order valence-corrected chi connectivity index (χ4v) is 4.92. The van der Waals surface area contributed by atoms with E-state index in [1.54, 1.807) is 6.07 Å². The number of halogens is 2. The van der Waals surface area contributed by atoms with Crippen molar-refractivity contribution < 1.29 is 17.9 Å². The van der Waals surface area contributed by atoms with Gasteiger partial charge in [-0.2, -0.15) is 0 Å². The van der Waals surface area contributed by atoms with Gasteiger partial charge in [0.05, 0.1) is 21.8 Å². The zero-order valence-electron chi connectivity index (χ0n) is 14.5. The van der Waals surface area contributed by atoms with Gasteiger partial charge in [-0.1, -0.05) is 0 Å². The lowest BCUT2D eigenvalue weighted by Crippen LogP contribution is -2.31. The third-order valence-corrected chi connectivity index (χ3v) is 7.53. The van der Waals surface area contributed by atoms with E-state index in [9.17, 15) is 17.6 Å². The van der Waals surface area contributed by atoms with Crippen molar-refractivity contribution in [1.82, 2.24) is 4.57 Å². The van der Waals surface area contributed by atoms with Gasteiger partial charge in [0, 0.05) is 29.5 Å². The highest BCUT2D eigenvalue weighted by Crippen LogP contribution is 2.47. The molecule has 1 saturated carbocycles. The summed E-state index contributed by atoms with van der Waals surface area (Å²) in [5.74, 6) is -0.518. The minimum absolute atomic E-state index is 0.126. The van der Waals surface area contributed by atoms with Crippen LogP contribution in [0.25, 0.3) is 0 Å². The van der Waals surface area contributed by atoms with E-state index in [0.29, 0.717) is 16.4 Å². The first-order valence-corrected chi connectivity index (χ1v) is 10.8. The van der Waals surface area contributed by atoms with Crippen molar-refractivity contribution in [3.63, 3.8) is 0 Å². The van der Waals surface area contributed by atoms with Crippen molar-refractivity contribution in [1.29, 1.82) is 0 Å². The van der Waals surface area contributed by atoms with Crippen LogP contribution in [0.1, 0.15) is 19.3 Å². The molecule has 0 amide bonds. The Morgan fingerprint density at radius 1 is 1.26 bits per heavy atom. The summed E-state index contributed by atoms with van der Waals surface area (Å²) in [5, 5.41) is 12.0. The van der Waals surface area contributed by atoms with Gasteiger partial charge >= 0.3 is 0 Å². The van der Waals surface area contributed by atoms with Gasteiger partial charge in [-0.3, -0.25) is 9.52 Å². The van der Waals surface area contributed by atoms with Gasteiger partial charge in [-0.15, -0.1) is 0 Å². The lowest BCUT2D eigenvalue weighted by molar-refractivity contribution is 0.283. The number of nitrogens with one attached hydrogen (secondary N) is 2. The average molecular weight is 507 g/mol. The molecule has 0 bridgehead atoms. The molecule has 3 rings (SSSR count). The second-order valence-electron chi connectivity index (χ2n) is 6.56. The first-order valence-electron chi connectivity index (χ1n) is 8.23. The van der Waals surface area contributed by atoms with Crippen LogP contribution in [0.4, 0.5) is 21.5 Å². The highest BCUT2D eigenvalue weighted by Gasteiger charge is 2.54. The Balaban J connectivity index is 1.98. The SMILES string of the molecule is Cn1cc(NS(=O)(=O)C2(CCO)CC2)c(Nc2ccc(I)cc2F)cc1=O. The van der Waals surface area contributed by atoms with Crippen LogP contribution >= 0.6 is 22.6 Å². The number of nitrogens with zero attached hydrogens (tertiary/aromatic N) is 1. The molecule has 0 aliphatic heterocycles. The third kappa shape index (κ3) is 4.11. The molecule has 0 unspecified atom stereocenters. The number of aliphatic hydroxyl groups excluding tert-OH is 1. The molecule has 1 aliphatic rings. The van der Waals surface area contributed by atoms with Crippen LogP contribution in [0.15, 0.2) is 35.3 Å². The molecular formula is C17H19FIN3O4S. The quantitative estimate of drug-likeness (QED) is 0.501. The first kappa shape index (κ1) is 20.1. The maximum Gasteiger partial charge on any atom is 0.252 e. The van der Waals surface area contributed by atoms with Gasteiger partial charge in [0.15, 0.2) is 0 Å². The molecule has 7 nitrogen and oxygen atoms in total. The molecule has 0 spiro atoms. The van der Waals surface area contributed by atoms with Gasteiger partial charge < -0.3 is 15.0 Å². The van der Waals surface area contributed by atoms with Gasteiger partial charge in [-0.05, 0) is 60.1 Å². The number of aromatic nitrogens is 1. The molecule has 1 aliphatic carbocycles. The fourth-order valence-electron chi connectivity index (χ4n) is 2.80. The predicted octanol–water partition coefficient (Wildman–Crippen LogP) is 2.53. The smallest absolute Gasteiger partial charge is 0.252 e. The van der Waals surface area contributed by atoms with E-state index in [1.165, 1.54) is 36.0 Å². The van der Waals surface area contributed by atoms with E-state index < -0.39 is 20.6 Å². The molecule has 10 heteroatoms. The maximum absolute atomic E-state index is 14.2. The number of hydrogen-bond donors (Lipinski definition) is 3. The van der Waals surface area contributed by atoms with Crippen LogP contribution in [0.3, 0.4) is 0 Å². The molecule has 1 aromatic carbocycles. The van der Waals surface area contributed by atoms with E-state index in [0.717, 1.165) is 0 Å². The Bertz CT molecular complexity index is 1030. The summed E-state index contributed by atoms with van der Waals surface area (Å²) < 4.78 is 43.2. The Hall–Kier alpha value is -1.66. The highest BCUT2D eigenvalue weighted by molar-refractivity contribution is 14.1. The normalized spacial score (nSPS) is 15.4. The molecular weight excluding hydrogens is 488 g/mol. The standard InChI is InChI=1S/C17H19FIN3O4S/c1-22-10-15(21-27(25,26)17(4-5-17)6-7-23)14(9-16(22)24)20-13-3-2-11(19)8-12(13)18/h2-3,8-10,20-21,23H,4-7H2,1H3. The van der Waals surface area contributed by atoms with E-state index in [4.69, 9.17) is 5.11 Å². The van der Waals surface area contributed by atoms with Gasteiger partial charge in [0.25, 0.3) is 5.56 Å². The minimum Gasteiger partial charge on any atom is -0.396 e. The predicted molar refractivity (Wildman–Crippen MR) is 110 cm³/mol. The van der Waals surface area contributed by atoms with E-state index >= 15 is 0 Å². The van der Waals surface area contributed by atoms with Gasteiger partial charge in [0.2, 0.25) is 10.0 Å². The maximum atomic E-state index is 14.2. The fraction of sp³-hybridized carbons (Fsp3) is 0.353. The van der Waals surface area contributed by atoms with Crippen LogP contribution in [0.5, 0.6) is 0 Å². The van der Waals surface area contributed by atoms with Gasteiger partial charge in [-0.25, -0.2) is 12.8 Å². The van der Waals surface area contributed by atoms with Crippen molar-refractivity contribution in [2.24, 2.45) is 7.05 Å². The zero-order valence-corrected chi connectivity index (χ0v) is 17.5. The summed E-state index contributed by atoms with van der Waals surface area (Å²) in [4.78, 5) is 12.0. The van der Waals surface area contributed by atoms with Crippen molar-refractivity contribution in [3.05, 3.63) is 50.2 Å². The van der Waals surface area contributed by atoms with Crippen LogP contribution in [-0.2, 0) is 17.1 Å². The third-order valence-electron chi connectivity index (χ3n) is 4.62. The number of aliphatic hydroxyl groups is 1. The highest BCUT2D eigenvalue weighted by atomic mass is 127. The molecule has 0 saturated heterocycles. The van der Waals surface area contributed by atoms with E-state index in [1.807, 2.05) is 22.6 Å². The lowest BCUT2D eigenvalue weighted by atomic mass is 10.2. The van der Waals surface area contributed by atoms with Crippen molar-refractivity contribution in [3.8, 4) is 0 Å². The number of rotatable bonds is 7. The number of benzene rings is 1. The summed E-state index contributed by atoms with van der Waals surface area (Å²) in [6, 6.07) is 5.74.